The molecule has 1 nitrogen and oxygen atoms in total. The second-order valence-electron chi connectivity index (χ2n) is 2.18. The van der Waals surface area contributed by atoms with Crippen LogP contribution >= 0.6 is 0 Å². The molecule has 0 saturated heterocycles. The molecule has 0 aliphatic carbocycles. The number of hydrogen-bond donors (Lipinski definition) is 1. The Balaban J connectivity index is 3.68. The number of hydrogen-bond acceptors (Lipinski definition) is 1. The van der Waals surface area contributed by atoms with Gasteiger partial charge in [-0.1, -0.05) is 12.1 Å². The molecular weight excluding hydrogens is 148 g/mol. The molecule has 0 spiro atoms. The van der Waals surface area contributed by atoms with Gasteiger partial charge in [-0.3, -0.25) is 0 Å². The van der Waals surface area contributed by atoms with Crippen molar-refractivity contribution in [2.45, 2.75) is 12.8 Å². The highest BCUT2D eigenvalue weighted by Gasteiger charge is 2.23. The first-order chi connectivity index (χ1) is 6.68. The Hall–Kier alpha value is -1.12. The first kappa shape index (κ1) is 4.04. The fourth-order valence-electron chi connectivity index (χ4n) is 0.542. The fourth-order valence-corrected chi connectivity index (χ4v) is 0.542. The summed E-state index contributed by atoms with van der Waals surface area (Å²) in [4.78, 5) is 0. The molecule has 0 fully saturated rings. The highest BCUT2D eigenvalue weighted by atomic mass is 19.3. The van der Waals surface area contributed by atoms with Gasteiger partial charge in [0.15, 0.2) is 0 Å². The molecule has 0 aromatic heterocycles. The summed E-state index contributed by atoms with van der Waals surface area (Å²) in [6, 6.07) is -2.85. The first-order valence-electron chi connectivity index (χ1n) is 4.92. The zero-order valence-electron chi connectivity index (χ0n) is 9.83. The number of rotatable bonds is 1. The van der Waals surface area contributed by atoms with Crippen molar-refractivity contribution in [1.29, 1.82) is 0 Å². The van der Waals surface area contributed by atoms with Crippen LogP contribution in [-0.2, 0) is 5.92 Å². The van der Waals surface area contributed by atoms with Crippen LogP contribution in [0.2, 0.25) is 0 Å². The number of nitrogen functional groups attached to an aromatic ring is 1. The van der Waals surface area contributed by atoms with Gasteiger partial charge >= 0.3 is 0 Å². The topological polar surface area (TPSA) is 26.0 Å². The van der Waals surface area contributed by atoms with Gasteiger partial charge in [0.05, 0.1) is 5.48 Å². The number of anilines is 1. The molecular formula is C8H9F2N. The summed E-state index contributed by atoms with van der Waals surface area (Å²) < 4.78 is 55.1. The van der Waals surface area contributed by atoms with Crippen LogP contribution < -0.4 is 5.73 Å². The zero-order chi connectivity index (χ0) is 12.0. The maximum atomic E-state index is 13.0. The van der Waals surface area contributed by atoms with Crippen molar-refractivity contribution in [3.8, 4) is 0 Å². The lowest BCUT2D eigenvalue weighted by atomic mass is 10.1. The number of alkyl halides is 2. The third kappa shape index (κ3) is 1.90. The van der Waals surface area contributed by atoms with Gasteiger partial charge in [0.25, 0.3) is 5.92 Å². The summed E-state index contributed by atoms with van der Waals surface area (Å²) in [5, 5.41) is 0. The minimum atomic E-state index is -3.42. The maximum absolute atomic E-state index is 13.0. The highest BCUT2D eigenvalue weighted by molar-refractivity contribution is 5.40. The number of halogens is 2. The Labute approximate surface area is 69.5 Å². The van der Waals surface area contributed by atoms with E-state index < -0.39 is 41.3 Å². The smallest absolute Gasteiger partial charge is 0.270 e. The molecule has 1 rings (SSSR count). The molecule has 0 amide bonds. The van der Waals surface area contributed by atoms with Gasteiger partial charge in [0.2, 0.25) is 0 Å². The molecule has 0 atom stereocenters. The van der Waals surface area contributed by atoms with Gasteiger partial charge in [0.1, 0.15) is 0 Å². The molecule has 1 aromatic carbocycles. The standard InChI is InChI=1S/C8H9F2N/c1-8(9,10)6-2-4-7(11)5-3-6/h2-5H,11H2,1H3/i2D,3D,4D,5D. The molecule has 0 aliphatic rings. The molecule has 2 N–H and O–H groups in total. The molecule has 0 heterocycles. The summed E-state index contributed by atoms with van der Waals surface area (Å²) >= 11 is 0. The van der Waals surface area contributed by atoms with Crippen molar-refractivity contribution in [3.63, 3.8) is 0 Å². The second kappa shape index (κ2) is 2.49. The van der Waals surface area contributed by atoms with Crippen LogP contribution in [0, 0.1) is 0 Å². The molecule has 1 aromatic rings. The van der Waals surface area contributed by atoms with Crippen LogP contribution in [0.25, 0.3) is 0 Å². The Kier molecular flexibility index (Phi) is 0.916. The van der Waals surface area contributed by atoms with Crippen molar-refractivity contribution in [3.05, 3.63) is 29.7 Å². The summed E-state index contributed by atoms with van der Waals surface area (Å²) in [6.45, 7) is 0.521. The molecule has 0 bridgehead atoms. The van der Waals surface area contributed by atoms with E-state index in [9.17, 15) is 8.78 Å². The van der Waals surface area contributed by atoms with Crippen LogP contribution in [0.5, 0.6) is 0 Å². The van der Waals surface area contributed by atoms with Gasteiger partial charge in [0, 0.05) is 18.2 Å². The van der Waals surface area contributed by atoms with E-state index in [4.69, 9.17) is 11.2 Å². The molecule has 0 saturated carbocycles. The summed E-state index contributed by atoms with van der Waals surface area (Å²) in [5.74, 6) is -3.42. The van der Waals surface area contributed by atoms with Crippen molar-refractivity contribution >= 4 is 5.69 Å². The van der Waals surface area contributed by atoms with E-state index in [1.807, 2.05) is 0 Å². The van der Waals surface area contributed by atoms with E-state index in [0.29, 0.717) is 6.92 Å². The fraction of sp³-hybridized carbons (Fsp3) is 0.250. The number of nitrogens with two attached hydrogens (primary N) is 1. The monoisotopic (exact) mass is 161 g/mol. The third-order valence-electron chi connectivity index (χ3n) is 1.08. The highest BCUT2D eigenvalue weighted by Crippen LogP contribution is 2.26. The molecule has 11 heavy (non-hydrogen) atoms. The van der Waals surface area contributed by atoms with Gasteiger partial charge in [-0.25, -0.2) is 8.78 Å². The quantitative estimate of drug-likeness (QED) is 0.629. The largest absolute Gasteiger partial charge is 0.399 e. The summed E-state index contributed by atoms with van der Waals surface area (Å²) in [7, 11) is 0. The second-order valence-corrected chi connectivity index (χ2v) is 2.18. The van der Waals surface area contributed by atoms with E-state index in [-0.39, 0.29) is 0 Å². The predicted octanol–water partition coefficient (Wildman–Crippen LogP) is 2.38. The average Bonchev–Trinajstić information content (AvgIpc) is 2.09. The average molecular weight is 161 g/mol. The van der Waals surface area contributed by atoms with Crippen molar-refractivity contribution in [2.24, 2.45) is 0 Å². The van der Waals surface area contributed by atoms with Gasteiger partial charge in [-0.05, 0) is 12.1 Å². The Morgan fingerprint density at radius 1 is 1.36 bits per heavy atom. The van der Waals surface area contributed by atoms with Crippen LogP contribution in [0.3, 0.4) is 0 Å². The molecule has 60 valence electrons. The van der Waals surface area contributed by atoms with Gasteiger partial charge in [-0.15, -0.1) is 0 Å². The Bertz CT molecular complexity index is 385. The maximum Gasteiger partial charge on any atom is 0.270 e. The number of benzene rings is 1. The molecule has 3 heteroatoms. The molecule has 0 unspecified atom stereocenters. The zero-order valence-corrected chi connectivity index (χ0v) is 5.83. The van der Waals surface area contributed by atoms with Crippen LogP contribution in [0.1, 0.15) is 18.0 Å². The predicted molar refractivity (Wildman–Crippen MR) is 40.4 cm³/mol. The van der Waals surface area contributed by atoms with Crippen LogP contribution in [0.15, 0.2) is 24.2 Å². The SMILES string of the molecule is [2H]c1c([2H])c(C(C)(F)F)c([2H])c([2H])c1N. The van der Waals surface area contributed by atoms with E-state index in [0.717, 1.165) is 0 Å². The minimum Gasteiger partial charge on any atom is -0.399 e. The van der Waals surface area contributed by atoms with E-state index >= 15 is 0 Å². The van der Waals surface area contributed by atoms with E-state index in [1.54, 1.807) is 0 Å². The normalized spacial score (nSPS) is 16.6. The van der Waals surface area contributed by atoms with E-state index in [2.05, 4.69) is 0 Å². The van der Waals surface area contributed by atoms with Gasteiger partial charge < -0.3 is 5.73 Å². The van der Waals surface area contributed by atoms with E-state index in [1.165, 1.54) is 0 Å². The third-order valence-corrected chi connectivity index (χ3v) is 1.08. The lowest BCUT2D eigenvalue weighted by Crippen LogP contribution is -2.06. The lowest BCUT2D eigenvalue weighted by Gasteiger charge is -2.09. The Morgan fingerprint density at radius 2 is 1.82 bits per heavy atom. The first-order valence-corrected chi connectivity index (χ1v) is 2.92. The van der Waals surface area contributed by atoms with Crippen molar-refractivity contribution < 1.29 is 14.3 Å². The van der Waals surface area contributed by atoms with Crippen molar-refractivity contribution in [1.82, 2.24) is 0 Å². The van der Waals surface area contributed by atoms with Crippen LogP contribution in [-0.4, -0.2) is 0 Å². The lowest BCUT2D eigenvalue weighted by molar-refractivity contribution is 0.0175. The Morgan fingerprint density at radius 3 is 2.18 bits per heavy atom. The minimum absolute atomic E-state index is 0.419. The van der Waals surface area contributed by atoms with Gasteiger partial charge in [-0.2, -0.15) is 0 Å². The molecule has 0 radical (unpaired) electrons. The van der Waals surface area contributed by atoms with Crippen molar-refractivity contribution in [2.75, 3.05) is 5.73 Å². The summed E-state index contributed by atoms with van der Waals surface area (Å²) in [5.41, 5.74) is 3.89. The molecule has 0 aliphatic heterocycles. The van der Waals surface area contributed by atoms with Crippen LogP contribution in [0.4, 0.5) is 14.5 Å². The summed E-state index contributed by atoms with van der Waals surface area (Å²) in [6.07, 6.45) is 0.